The van der Waals surface area contributed by atoms with E-state index in [0.717, 1.165) is 29.5 Å². The molecule has 1 unspecified atom stereocenters. The average Bonchev–Trinajstić information content (AvgIpc) is 2.94. The quantitative estimate of drug-likeness (QED) is 0.141. The van der Waals surface area contributed by atoms with E-state index >= 15 is 0 Å². The first-order chi connectivity index (χ1) is 21.0. The second-order valence-electron chi connectivity index (χ2n) is 11.4. The molecule has 0 bridgehead atoms. The van der Waals surface area contributed by atoms with Gasteiger partial charge in [0.05, 0.1) is 18.2 Å². The Morgan fingerprint density at radius 3 is 2.11 bits per heavy atom. The number of sulfone groups is 1. The summed E-state index contributed by atoms with van der Waals surface area (Å²) in [6.07, 6.45) is 1.15. The van der Waals surface area contributed by atoms with Gasteiger partial charge in [-0.15, -0.1) is 0 Å². The molecule has 13 nitrogen and oxygen atoms in total. The lowest BCUT2D eigenvalue weighted by Crippen LogP contribution is -2.57. The molecule has 3 amide bonds. The summed E-state index contributed by atoms with van der Waals surface area (Å²) in [5, 5.41) is 18.6. The zero-order valence-corrected chi connectivity index (χ0v) is 26.7. The fourth-order valence-corrected chi connectivity index (χ4v) is 5.80. The third kappa shape index (κ3) is 11.7. The minimum atomic E-state index is -3.75. The van der Waals surface area contributed by atoms with E-state index in [-0.39, 0.29) is 6.42 Å². The molecule has 0 aliphatic rings. The predicted octanol–water partition coefficient (Wildman–Crippen LogP) is 0.525. The number of carbonyl (C=O) groups is 6. The minimum Gasteiger partial charge on any atom is -0.481 e. The number of benzene rings is 2. The van der Waals surface area contributed by atoms with Gasteiger partial charge in [-0.25, -0.2) is 8.42 Å². The topological polar surface area (TPSA) is 219 Å². The Morgan fingerprint density at radius 2 is 1.53 bits per heavy atom. The Hall–Kier alpha value is -4.17. The number of amides is 3. The van der Waals surface area contributed by atoms with Crippen molar-refractivity contribution in [3.05, 3.63) is 48.0 Å². The lowest BCUT2D eigenvalue weighted by molar-refractivity contribution is -0.141. The highest BCUT2D eigenvalue weighted by atomic mass is 32.2. The number of aliphatic carboxylic acids is 1. The fraction of sp³-hybridized carbons (Fsp3) is 0.484. The van der Waals surface area contributed by atoms with Crippen LogP contribution >= 0.6 is 0 Å². The van der Waals surface area contributed by atoms with Gasteiger partial charge in [-0.05, 0) is 35.1 Å². The number of nitrogens with one attached hydrogen (secondary N) is 3. The van der Waals surface area contributed by atoms with Gasteiger partial charge in [-0.2, -0.15) is 0 Å². The smallest absolute Gasteiger partial charge is 0.305 e. The van der Waals surface area contributed by atoms with Crippen LogP contribution in [-0.4, -0.2) is 85.5 Å². The summed E-state index contributed by atoms with van der Waals surface area (Å²) in [5.74, 6) is -8.23. The maximum atomic E-state index is 13.3. The molecule has 0 aliphatic heterocycles. The molecule has 0 spiro atoms. The van der Waals surface area contributed by atoms with E-state index in [9.17, 15) is 42.3 Å². The molecule has 2 aromatic rings. The number of hydrogen-bond donors (Lipinski definition) is 5. The zero-order chi connectivity index (χ0) is 33.9. The van der Waals surface area contributed by atoms with Crippen molar-refractivity contribution in [2.45, 2.75) is 64.6 Å². The summed E-state index contributed by atoms with van der Waals surface area (Å²) >= 11 is 0. The second kappa shape index (κ2) is 16.8. The SMILES string of the molecule is CC(=O)N[C@@H](CS(C)(=O)=O)C(=O)C(CN)C(=O)N[C@H](C(=O)N[C@@H](CC(=O)O)C(=O)CCCc1cccc2ccccc12)C(C)C. The molecule has 2 aromatic carbocycles. The maximum Gasteiger partial charge on any atom is 0.305 e. The van der Waals surface area contributed by atoms with Gasteiger partial charge in [0.2, 0.25) is 17.7 Å². The van der Waals surface area contributed by atoms with Crippen LogP contribution in [0.2, 0.25) is 0 Å². The first kappa shape index (κ1) is 37.0. The Balaban J connectivity index is 2.14. The van der Waals surface area contributed by atoms with Crippen LogP contribution < -0.4 is 21.7 Å². The van der Waals surface area contributed by atoms with Gasteiger partial charge >= 0.3 is 5.97 Å². The lowest BCUT2D eigenvalue weighted by atomic mass is 9.95. The summed E-state index contributed by atoms with van der Waals surface area (Å²) in [5.41, 5.74) is 6.71. The molecule has 6 N–H and O–H groups in total. The van der Waals surface area contributed by atoms with Crippen LogP contribution in [0.15, 0.2) is 42.5 Å². The lowest BCUT2D eigenvalue weighted by Gasteiger charge is -2.27. The van der Waals surface area contributed by atoms with Crippen LogP contribution in [0.5, 0.6) is 0 Å². The largest absolute Gasteiger partial charge is 0.481 e. The standard InChI is InChI=1S/C31H42N4O9S/c1-18(2)28(35-30(41)23(16-32)29(40)25(33-19(3)36)17-45(4,43)44)31(42)34-24(15-27(38)39)26(37)14-8-12-21-11-7-10-20-9-5-6-13-22(20)21/h5-7,9-11,13,18,23-25,28H,8,12,14-17,32H2,1-4H3,(H,33,36)(H,34,42)(H,35,41)(H,38,39)/t23?,24-,25-,28-/m0/s1. The van der Waals surface area contributed by atoms with E-state index in [4.69, 9.17) is 5.73 Å². The molecule has 246 valence electrons. The average molecular weight is 647 g/mol. The van der Waals surface area contributed by atoms with Gasteiger partial charge < -0.3 is 26.8 Å². The Bertz CT molecular complexity index is 1520. The first-order valence-electron chi connectivity index (χ1n) is 14.5. The number of rotatable bonds is 18. The maximum absolute atomic E-state index is 13.3. The predicted molar refractivity (Wildman–Crippen MR) is 168 cm³/mol. The molecular formula is C31H42N4O9S. The number of fused-ring (bicyclic) bond motifs is 1. The number of carboxylic acids is 1. The summed E-state index contributed by atoms with van der Waals surface area (Å²) in [6.45, 7) is 3.71. The van der Waals surface area contributed by atoms with Gasteiger partial charge in [0.25, 0.3) is 0 Å². The Kier molecular flexibility index (Phi) is 13.8. The van der Waals surface area contributed by atoms with Crippen LogP contribution in [0.25, 0.3) is 10.8 Å². The number of carbonyl (C=O) groups excluding carboxylic acids is 5. The van der Waals surface area contributed by atoms with E-state index < -0.39 is 93.8 Å². The molecule has 0 heterocycles. The molecule has 0 aromatic heterocycles. The van der Waals surface area contributed by atoms with Crippen molar-refractivity contribution in [3.63, 3.8) is 0 Å². The van der Waals surface area contributed by atoms with E-state index in [0.29, 0.717) is 12.8 Å². The van der Waals surface area contributed by atoms with Gasteiger partial charge in [-0.3, -0.25) is 28.8 Å². The number of aryl methyl sites for hydroxylation is 1. The van der Waals surface area contributed by atoms with Crippen molar-refractivity contribution in [1.29, 1.82) is 0 Å². The highest BCUT2D eigenvalue weighted by molar-refractivity contribution is 7.90. The van der Waals surface area contributed by atoms with Crippen LogP contribution in [-0.2, 0) is 45.0 Å². The highest BCUT2D eigenvalue weighted by Crippen LogP contribution is 2.20. The molecule has 0 saturated carbocycles. The van der Waals surface area contributed by atoms with E-state index in [2.05, 4.69) is 16.0 Å². The molecule has 45 heavy (non-hydrogen) atoms. The molecule has 0 fully saturated rings. The van der Waals surface area contributed by atoms with Crippen LogP contribution in [0.4, 0.5) is 0 Å². The van der Waals surface area contributed by atoms with Crippen molar-refractivity contribution in [3.8, 4) is 0 Å². The Morgan fingerprint density at radius 1 is 0.889 bits per heavy atom. The van der Waals surface area contributed by atoms with E-state index in [1.807, 2.05) is 42.5 Å². The number of nitrogens with two attached hydrogens (primary N) is 1. The fourth-order valence-electron chi connectivity index (χ4n) is 4.95. The number of hydrogen-bond acceptors (Lipinski definition) is 9. The van der Waals surface area contributed by atoms with E-state index in [1.54, 1.807) is 13.8 Å². The first-order valence-corrected chi connectivity index (χ1v) is 16.6. The van der Waals surface area contributed by atoms with Crippen LogP contribution in [0.1, 0.15) is 45.6 Å². The molecule has 0 radical (unpaired) electrons. The molecule has 14 heteroatoms. The van der Waals surface area contributed by atoms with Crippen molar-refractivity contribution in [2.75, 3.05) is 18.6 Å². The van der Waals surface area contributed by atoms with Gasteiger partial charge in [-0.1, -0.05) is 56.3 Å². The van der Waals surface area contributed by atoms with Crippen LogP contribution in [0, 0.1) is 11.8 Å². The monoisotopic (exact) mass is 646 g/mol. The van der Waals surface area contributed by atoms with Gasteiger partial charge in [0, 0.05) is 26.1 Å². The Labute approximate surface area is 262 Å². The summed E-state index contributed by atoms with van der Waals surface area (Å²) < 4.78 is 23.7. The molecule has 4 atom stereocenters. The third-order valence-corrected chi connectivity index (χ3v) is 8.10. The van der Waals surface area contributed by atoms with Crippen molar-refractivity contribution >= 4 is 55.9 Å². The van der Waals surface area contributed by atoms with Gasteiger partial charge in [0.1, 0.15) is 27.8 Å². The zero-order valence-electron chi connectivity index (χ0n) is 25.9. The van der Waals surface area contributed by atoms with Crippen molar-refractivity contribution in [1.82, 2.24) is 16.0 Å². The van der Waals surface area contributed by atoms with Crippen molar-refractivity contribution < 1.29 is 42.3 Å². The highest BCUT2D eigenvalue weighted by Gasteiger charge is 2.37. The number of Topliss-reactive ketones (excluding diaryl/α,β-unsaturated/α-hetero) is 2. The summed E-state index contributed by atoms with van der Waals surface area (Å²) in [6, 6.07) is 9.45. The summed E-state index contributed by atoms with van der Waals surface area (Å²) in [4.78, 5) is 75.8. The van der Waals surface area contributed by atoms with Crippen molar-refractivity contribution in [2.24, 2.45) is 17.6 Å². The molecule has 0 saturated heterocycles. The molecule has 0 aliphatic carbocycles. The van der Waals surface area contributed by atoms with E-state index in [1.165, 1.54) is 0 Å². The number of ketones is 2. The van der Waals surface area contributed by atoms with Gasteiger partial charge in [0.15, 0.2) is 11.6 Å². The second-order valence-corrected chi connectivity index (χ2v) is 13.6. The van der Waals surface area contributed by atoms with Crippen LogP contribution in [0.3, 0.4) is 0 Å². The summed E-state index contributed by atoms with van der Waals surface area (Å²) in [7, 11) is -3.75. The molecular weight excluding hydrogens is 604 g/mol. The number of carboxylic acid groups (broad SMARTS) is 1. The third-order valence-electron chi connectivity index (χ3n) is 7.17. The minimum absolute atomic E-state index is 0.00518. The molecule has 2 rings (SSSR count). The normalized spacial score (nSPS) is 14.2.